The number of para-hydroxylation sites is 1. The Kier molecular flexibility index (Phi) is 6.85. The normalized spacial score (nSPS) is 14.0. The monoisotopic (exact) mass is 482 g/mol. The third-order valence-electron chi connectivity index (χ3n) is 5.37. The van der Waals surface area contributed by atoms with Crippen molar-refractivity contribution in [2.24, 2.45) is 0 Å². The Balaban J connectivity index is 1.59. The van der Waals surface area contributed by atoms with Crippen LogP contribution in [0.3, 0.4) is 0 Å². The van der Waals surface area contributed by atoms with Crippen LogP contribution in [0.25, 0.3) is 10.9 Å². The molecule has 2 aromatic carbocycles. The topological polar surface area (TPSA) is 52.0 Å². The fraction of sp³-hybridized carbons (Fsp3) is 0.292. The van der Waals surface area contributed by atoms with Crippen LogP contribution in [-0.4, -0.2) is 21.1 Å². The molecule has 1 aromatic heterocycles. The lowest BCUT2D eigenvalue weighted by Crippen LogP contribution is -2.24. The Morgan fingerprint density at radius 3 is 2.67 bits per heavy atom. The van der Waals surface area contributed by atoms with E-state index in [0.29, 0.717) is 28.2 Å². The summed E-state index contributed by atoms with van der Waals surface area (Å²) in [6.45, 7) is 0.595. The molecule has 0 amide bonds. The van der Waals surface area contributed by atoms with Crippen LogP contribution in [0.4, 0.5) is 0 Å². The number of allylic oxidation sites excluding steroid dienone is 2. The van der Waals surface area contributed by atoms with Gasteiger partial charge in [0.1, 0.15) is 0 Å². The standard InChI is InChI=1S/C24H23BrN2O2S/c25-19-12-10-18(11-13-19)22(28)16-30-24-26-21-9-5-4-8-20(21)23(29)27(24)15-14-17-6-2-1-3-7-17/h4-6,8-13H,1-3,7,14-16H2. The zero-order valence-corrected chi connectivity index (χ0v) is 19.0. The second kappa shape index (κ2) is 9.75. The largest absolute Gasteiger partial charge is 0.293 e. The van der Waals surface area contributed by atoms with Crippen molar-refractivity contribution >= 4 is 44.4 Å². The van der Waals surface area contributed by atoms with Crippen LogP contribution < -0.4 is 5.56 Å². The van der Waals surface area contributed by atoms with Gasteiger partial charge in [-0.05, 0) is 56.4 Å². The van der Waals surface area contributed by atoms with Crippen molar-refractivity contribution in [2.75, 3.05) is 5.75 Å². The summed E-state index contributed by atoms with van der Waals surface area (Å²) in [4.78, 5) is 30.5. The van der Waals surface area contributed by atoms with Crippen LogP contribution in [0.2, 0.25) is 0 Å². The number of benzene rings is 2. The average Bonchev–Trinajstić information content (AvgIpc) is 2.78. The molecule has 0 saturated heterocycles. The van der Waals surface area contributed by atoms with Crippen LogP contribution >= 0.6 is 27.7 Å². The molecule has 0 atom stereocenters. The zero-order chi connectivity index (χ0) is 20.9. The lowest BCUT2D eigenvalue weighted by Gasteiger charge is -2.16. The van der Waals surface area contributed by atoms with E-state index >= 15 is 0 Å². The number of hydrogen-bond donors (Lipinski definition) is 0. The highest BCUT2D eigenvalue weighted by Crippen LogP contribution is 2.23. The molecule has 0 N–H and O–H groups in total. The molecular weight excluding hydrogens is 460 g/mol. The van der Waals surface area contributed by atoms with Crippen molar-refractivity contribution < 1.29 is 4.79 Å². The second-order valence-electron chi connectivity index (χ2n) is 7.45. The number of carbonyl (C=O) groups is 1. The molecule has 0 fully saturated rings. The van der Waals surface area contributed by atoms with Crippen molar-refractivity contribution in [1.82, 2.24) is 9.55 Å². The van der Waals surface area contributed by atoms with E-state index in [1.807, 2.05) is 48.5 Å². The molecule has 0 aliphatic heterocycles. The maximum absolute atomic E-state index is 13.2. The molecule has 4 nitrogen and oxygen atoms in total. The number of halogens is 1. The van der Waals surface area contributed by atoms with E-state index in [4.69, 9.17) is 4.98 Å². The Morgan fingerprint density at radius 2 is 1.90 bits per heavy atom. The maximum Gasteiger partial charge on any atom is 0.262 e. The molecule has 6 heteroatoms. The molecule has 0 unspecified atom stereocenters. The van der Waals surface area contributed by atoms with Gasteiger partial charge in [-0.25, -0.2) is 4.98 Å². The number of Topliss-reactive ketones (excluding diaryl/α,β-unsaturated/α-hetero) is 1. The van der Waals surface area contributed by atoms with Crippen molar-refractivity contribution in [3.05, 3.63) is 80.6 Å². The van der Waals surface area contributed by atoms with Crippen molar-refractivity contribution in [2.45, 2.75) is 43.8 Å². The van der Waals surface area contributed by atoms with Crippen LogP contribution in [0.15, 0.2) is 74.6 Å². The van der Waals surface area contributed by atoms with Crippen molar-refractivity contribution in [3.8, 4) is 0 Å². The minimum atomic E-state index is -0.0319. The first-order chi connectivity index (χ1) is 14.6. The molecule has 0 spiro atoms. The summed E-state index contributed by atoms with van der Waals surface area (Å²) in [5.41, 5.74) is 2.72. The van der Waals surface area contributed by atoms with Gasteiger partial charge in [0.2, 0.25) is 0 Å². The molecule has 1 aliphatic carbocycles. The van der Waals surface area contributed by atoms with Crippen molar-refractivity contribution in [3.63, 3.8) is 0 Å². The molecule has 0 bridgehead atoms. The van der Waals surface area contributed by atoms with Gasteiger partial charge in [-0.15, -0.1) is 0 Å². The third kappa shape index (κ3) is 4.93. The number of carbonyl (C=O) groups excluding carboxylic acids is 1. The van der Waals surface area contributed by atoms with E-state index in [1.54, 1.807) is 4.57 Å². The Hall–Kier alpha value is -2.18. The van der Waals surface area contributed by atoms with Gasteiger partial charge in [0, 0.05) is 16.6 Å². The number of rotatable bonds is 7. The molecule has 30 heavy (non-hydrogen) atoms. The highest BCUT2D eigenvalue weighted by atomic mass is 79.9. The SMILES string of the molecule is O=C(CSc1nc2ccccc2c(=O)n1CCC1=CCCCC1)c1ccc(Br)cc1. The molecule has 154 valence electrons. The number of hydrogen-bond acceptors (Lipinski definition) is 4. The maximum atomic E-state index is 13.2. The van der Waals surface area contributed by atoms with E-state index in [9.17, 15) is 9.59 Å². The number of nitrogens with zero attached hydrogens (tertiary/aromatic N) is 2. The number of fused-ring (bicyclic) bond motifs is 1. The summed E-state index contributed by atoms with van der Waals surface area (Å²) in [5.74, 6) is 0.270. The van der Waals surface area contributed by atoms with E-state index in [2.05, 4.69) is 22.0 Å². The molecular formula is C24H23BrN2O2S. The zero-order valence-electron chi connectivity index (χ0n) is 16.6. The van der Waals surface area contributed by atoms with E-state index in [-0.39, 0.29) is 17.1 Å². The van der Waals surface area contributed by atoms with E-state index in [0.717, 1.165) is 23.7 Å². The summed E-state index contributed by atoms with van der Waals surface area (Å²) in [6, 6.07) is 14.8. The van der Waals surface area contributed by atoms with E-state index in [1.165, 1.54) is 30.2 Å². The van der Waals surface area contributed by atoms with Gasteiger partial charge < -0.3 is 0 Å². The van der Waals surface area contributed by atoms with Gasteiger partial charge >= 0.3 is 0 Å². The molecule has 3 aromatic rings. The minimum absolute atomic E-state index is 0.0245. The fourth-order valence-corrected chi connectivity index (χ4v) is 4.88. The predicted octanol–water partition coefficient (Wildman–Crippen LogP) is 6.02. The van der Waals surface area contributed by atoms with Gasteiger partial charge in [-0.3, -0.25) is 14.2 Å². The number of thioether (sulfide) groups is 1. The summed E-state index contributed by atoms with van der Waals surface area (Å²) in [7, 11) is 0. The van der Waals surface area contributed by atoms with Gasteiger partial charge in [-0.2, -0.15) is 0 Å². The van der Waals surface area contributed by atoms with Crippen LogP contribution in [0.5, 0.6) is 0 Å². The van der Waals surface area contributed by atoms with Gasteiger partial charge in [-0.1, -0.05) is 63.6 Å². The summed E-state index contributed by atoms with van der Waals surface area (Å²) in [6.07, 6.45) is 7.88. The molecule has 1 heterocycles. The predicted molar refractivity (Wildman–Crippen MR) is 126 cm³/mol. The highest BCUT2D eigenvalue weighted by molar-refractivity contribution is 9.10. The summed E-state index contributed by atoms with van der Waals surface area (Å²) < 4.78 is 2.69. The first kappa shape index (κ1) is 21.1. The summed E-state index contributed by atoms with van der Waals surface area (Å²) in [5, 5.41) is 1.24. The van der Waals surface area contributed by atoms with Crippen LogP contribution in [0.1, 0.15) is 42.5 Å². The molecule has 1 aliphatic rings. The Bertz CT molecular complexity index is 1150. The highest BCUT2D eigenvalue weighted by Gasteiger charge is 2.15. The second-order valence-corrected chi connectivity index (χ2v) is 9.30. The average molecular weight is 483 g/mol. The molecule has 4 rings (SSSR count). The van der Waals surface area contributed by atoms with Crippen LogP contribution in [-0.2, 0) is 6.54 Å². The smallest absolute Gasteiger partial charge is 0.262 e. The number of ketones is 1. The molecule has 0 radical (unpaired) electrons. The van der Waals surface area contributed by atoms with Gasteiger partial charge in [0.15, 0.2) is 10.9 Å². The van der Waals surface area contributed by atoms with Gasteiger partial charge in [0.05, 0.1) is 16.7 Å². The van der Waals surface area contributed by atoms with E-state index < -0.39 is 0 Å². The Morgan fingerprint density at radius 1 is 1.10 bits per heavy atom. The molecule has 0 saturated carbocycles. The minimum Gasteiger partial charge on any atom is -0.293 e. The lowest BCUT2D eigenvalue weighted by molar-refractivity contribution is 0.102. The first-order valence-electron chi connectivity index (χ1n) is 10.2. The van der Waals surface area contributed by atoms with Crippen LogP contribution in [0, 0.1) is 0 Å². The Labute approximate surface area is 188 Å². The quantitative estimate of drug-likeness (QED) is 0.178. The third-order valence-corrected chi connectivity index (χ3v) is 6.87. The summed E-state index contributed by atoms with van der Waals surface area (Å²) >= 11 is 4.73. The van der Waals surface area contributed by atoms with Crippen molar-refractivity contribution in [1.29, 1.82) is 0 Å². The number of aromatic nitrogens is 2. The lowest BCUT2D eigenvalue weighted by atomic mass is 9.97. The first-order valence-corrected chi connectivity index (χ1v) is 12.0. The fourth-order valence-electron chi connectivity index (χ4n) is 3.69. The van der Waals surface area contributed by atoms with Gasteiger partial charge in [0.25, 0.3) is 5.56 Å².